The van der Waals surface area contributed by atoms with E-state index >= 15 is 4.39 Å². The van der Waals surface area contributed by atoms with Crippen LogP contribution < -0.4 is 5.32 Å². The number of carbonyl (C=O) groups excluding carboxylic acids is 1. The summed E-state index contributed by atoms with van der Waals surface area (Å²) in [6.45, 7) is 7.40. The number of amides is 1. The summed E-state index contributed by atoms with van der Waals surface area (Å²) in [5.41, 5.74) is 0.845. The summed E-state index contributed by atoms with van der Waals surface area (Å²) in [6.07, 6.45) is 8.81. The SMILES string of the molecule is CC(C)(C)OC(=O)NC1=N[C@](C)(c2cc(/C=C/c3ccc(F)cc3)ccc2F)CC2(CCC2)CC1. The minimum absolute atomic E-state index is 0.0992. The molecule has 1 atom stereocenters. The lowest BCUT2D eigenvalue weighted by atomic mass is 9.60. The summed E-state index contributed by atoms with van der Waals surface area (Å²) < 4.78 is 33.9. The molecule has 4 nitrogen and oxygen atoms in total. The largest absolute Gasteiger partial charge is 0.444 e. The number of amidine groups is 1. The molecule has 0 unspecified atom stereocenters. The van der Waals surface area contributed by atoms with Crippen molar-refractivity contribution < 1.29 is 18.3 Å². The van der Waals surface area contributed by atoms with Crippen molar-refractivity contribution in [3.63, 3.8) is 0 Å². The van der Waals surface area contributed by atoms with Gasteiger partial charge >= 0.3 is 6.09 Å². The quantitative estimate of drug-likeness (QED) is 0.459. The third kappa shape index (κ3) is 6.16. The lowest BCUT2D eigenvalue weighted by Crippen LogP contribution is -2.37. The number of alkyl carbamates (subject to hydrolysis) is 1. The highest BCUT2D eigenvalue weighted by Crippen LogP contribution is 2.54. The summed E-state index contributed by atoms with van der Waals surface area (Å²) in [6, 6.07) is 11.2. The van der Waals surface area contributed by atoms with Gasteiger partial charge in [0.2, 0.25) is 0 Å². The normalized spacial score (nSPS) is 21.8. The van der Waals surface area contributed by atoms with Gasteiger partial charge in [0.25, 0.3) is 0 Å². The topological polar surface area (TPSA) is 50.7 Å². The monoisotopic (exact) mass is 480 g/mol. The van der Waals surface area contributed by atoms with Crippen molar-refractivity contribution in [2.45, 2.75) is 77.4 Å². The van der Waals surface area contributed by atoms with Gasteiger partial charge in [-0.2, -0.15) is 0 Å². The van der Waals surface area contributed by atoms with Crippen LogP contribution in [-0.2, 0) is 10.3 Å². The van der Waals surface area contributed by atoms with E-state index in [9.17, 15) is 9.18 Å². The third-order valence-electron chi connectivity index (χ3n) is 6.96. The van der Waals surface area contributed by atoms with Crippen LogP contribution in [0.3, 0.4) is 0 Å². The van der Waals surface area contributed by atoms with E-state index in [0.717, 1.165) is 43.2 Å². The van der Waals surface area contributed by atoms with Gasteiger partial charge in [0.05, 0.1) is 5.54 Å². The van der Waals surface area contributed by atoms with Crippen molar-refractivity contribution in [2.75, 3.05) is 0 Å². The van der Waals surface area contributed by atoms with Crippen LogP contribution in [-0.4, -0.2) is 17.5 Å². The van der Waals surface area contributed by atoms with Crippen molar-refractivity contribution in [1.82, 2.24) is 5.32 Å². The van der Waals surface area contributed by atoms with Gasteiger partial charge < -0.3 is 4.74 Å². The van der Waals surface area contributed by atoms with E-state index in [4.69, 9.17) is 9.73 Å². The van der Waals surface area contributed by atoms with E-state index in [1.807, 2.05) is 45.9 Å². The molecule has 1 spiro atoms. The predicted molar refractivity (Wildman–Crippen MR) is 136 cm³/mol. The molecule has 35 heavy (non-hydrogen) atoms. The molecule has 1 aliphatic carbocycles. The van der Waals surface area contributed by atoms with Crippen LogP contribution in [0.15, 0.2) is 47.5 Å². The molecule has 1 aliphatic heterocycles. The molecule has 6 heteroatoms. The second-order valence-corrected chi connectivity index (χ2v) is 11.1. The maximum absolute atomic E-state index is 15.3. The smallest absolute Gasteiger partial charge is 0.413 e. The highest BCUT2D eigenvalue weighted by molar-refractivity contribution is 5.96. The Morgan fingerprint density at radius 2 is 1.69 bits per heavy atom. The van der Waals surface area contributed by atoms with Crippen LogP contribution in [0, 0.1) is 17.0 Å². The van der Waals surface area contributed by atoms with Crippen molar-refractivity contribution in [2.24, 2.45) is 10.4 Å². The van der Waals surface area contributed by atoms with Gasteiger partial charge in [0.15, 0.2) is 0 Å². The first kappa shape index (κ1) is 25.1. The van der Waals surface area contributed by atoms with Gasteiger partial charge in [-0.05, 0) is 94.2 Å². The molecule has 0 radical (unpaired) electrons. The van der Waals surface area contributed by atoms with E-state index in [2.05, 4.69) is 5.32 Å². The van der Waals surface area contributed by atoms with Crippen LogP contribution >= 0.6 is 0 Å². The molecule has 1 heterocycles. The number of carbonyl (C=O) groups is 1. The van der Waals surface area contributed by atoms with E-state index in [1.165, 1.54) is 18.2 Å². The second kappa shape index (κ2) is 9.56. The first-order chi connectivity index (χ1) is 16.5. The number of nitrogens with zero attached hydrogens (tertiary/aromatic N) is 1. The van der Waals surface area contributed by atoms with Crippen LogP contribution in [0.2, 0.25) is 0 Å². The van der Waals surface area contributed by atoms with Gasteiger partial charge in [0, 0.05) is 12.0 Å². The standard InChI is InChI=1S/C29H34F2N2O2/c1-27(2,3)35-26(34)32-25-14-17-29(15-5-16-29)19-28(4,33-25)23-18-21(10-13-24(23)31)7-6-20-8-11-22(30)12-9-20/h6-13,18H,5,14-17,19H2,1-4H3,(H,32,33,34)/b7-6+/t28-/m0/s1. The van der Waals surface area contributed by atoms with Crippen molar-refractivity contribution in [3.05, 3.63) is 70.8 Å². The number of hydrogen-bond acceptors (Lipinski definition) is 3. The molecule has 2 aromatic carbocycles. The Balaban J connectivity index is 1.66. The molecule has 1 N–H and O–H groups in total. The fourth-order valence-electron chi connectivity index (χ4n) is 5.19. The molecule has 1 fully saturated rings. The fraction of sp³-hybridized carbons (Fsp3) is 0.448. The molecule has 2 aromatic rings. The number of rotatable bonds is 3. The Morgan fingerprint density at radius 3 is 2.31 bits per heavy atom. The average Bonchev–Trinajstić information content (AvgIpc) is 2.90. The number of ether oxygens (including phenoxy) is 1. The Hall–Kier alpha value is -3.02. The summed E-state index contributed by atoms with van der Waals surface area (Å²) in [5.74, 6) is -0.0635. The van der Waals surface area contributed by atoms with Crippen LogP contribution in [0.5, 0.6) is 0 Å². The molecular formula is C29H34F2N2O2. The van der Waals surface area contributed by atoms with Gasteiger partial charge in [-0.3, -0.25) is 10.3 Å². The highest BCUT2D eigenvalue weighted by atomic mass is 19.1. The number of nitrogens with one attached hydrogen (secondary N) is 1. The van der Waals surface area contributed by atoms with Crippen molar-refractivity contribution in [3.8, 4) is 0 Å². The van der Waals surface area contributed by atoms with Gasteiger partial charge in [-0.15, -0.1) is 0 Å². The molecule has 0 saturated heterocycles. The molecule has 0 bridgehead atoms. The highest BCUT2D eigenvalue weighted by Gasteiger charge is 2.46. The molecular weight excluding hydrogens is 446 g/mol. The van der Waals surface area contributed by atoms with Crippen molar-refractivity contribution >= 4 is 24.1 Å². The third-order valence-corrected chi connectivity index (χ3v) is 6.96. The summed E-state index contributed by atoms with van der Waals surface area (Å²) in [7, 11) is 0. The van der Waals surface area contributed by atoms with Crippen LogP contribution in [0.1, 0.15) is 82.9 Å². The summed E-state index contributed by atoms with van der Waals surface area (Å²) >= 11 is 0. The summed E-state index contributed by atoms with van der Waals surface area (Å²) in [5, 5.41) is 2.83. The minimum atomic E-state index is -0.828. The second-order valence-electron chi connectivity index (χ2n) is 11.1. The van der Waals surface area contributed by atoms with E-state index in [0.29, 0.717) is 17.8 Å². The van der Waals surface area contributed by atoms with Crippen LogP contribution in [0.4, 0.5) is 13.6 Å². The molecule has 0 aromatic heterocycles. The zero-order chi connectivity index (χ0) is 25.3. The molecule has 186 valence electrons. The zero-order valence-electron chi connectivity index (χ0n) is 21.0. The van der Waals surface area contributed by atoms with Gasteiger partial charge in [0.1, 0.15) is 23.1 Å². The zero-order valence-corrected chi connectivity index (χ0v) is 21.0. The Kier molecular flexibility index (Phi) is 6.85. The van der Waals surface area contributed by atoms with Gasteiger partial charge in [-0.25, -0.2) is 13.6 Å². The van der Waals surface area contributed by atoms with Crippen LogP contribution in [0.25, 0.3) is 12.2 Å². The Morgan fingerprint density at radius 1 is 1.03 bits per heavy atom. The number of hydrogen-bond donors (Lipinski definition) is 1. The number of aliphatic imine (C=N–C) groups is 1. The first-order valence-corrected chi connectivity index (χ1v) is 12.3. The Bertz CT molecular complexity index is 1140. The predicted octanol–water partition coefficient (Wildman–Crippen LogP) is 7.63. The van der Waals surface area contributed by atoms with E-state index in [1.54, 1.807) is 18.2 Å². The van der Waals surface area contributed by atoms with Gasteiger partial charge in [-0.1, -0.05) is 36.8 Å². The fourth-order valence-corrected chi connectivity index (χ4v) is 5.19. The lowest BCUT2D eigenvalue weighted by Gasteiger charge is -2.45. The lowest BCUT2D eigenvalue weighted by molar-refractivity contribution is 0.0561. The Labute approximate surface area is 206 Å². The maximum Gasteiger partial charge on any atom is 0.413 e. The maximum atomic E-state index is 15.3. The molecule has 1 amide bonds. The average molecular weight is 481 g/mol. The summed E-state index contributed by atoms with van der Waals surface area (Å²) in [4.78, 5) is 17.4. The number of halogens is 2. The first-order valence-electron chi connectivity index (χ1n) is 12.3. The minimum Gasteiger partial charge on any atom is -0.444 e. The molecule has 1 saturated carbocycles. The van der Waals surface area contributed by atoms with E-state index in [-0.39, 0.29) is 17.0 Å². The van der Waals surface area contributed by atoms with Crippen molar-refractivity contribution in [1.29, 1.82) is 0 Å². The number of benzene rings is 2. The molecule has 4 rings (SSSR count). The van der Waals surface area contributed by atoms with E-state index < -0.39 is 17.2 Å². The molecule has 2 aliphatic rings.